The van der Waals surface area contributed by atoms with Crippen molar-refractivity contribution < 1.29 is 0 Å². The molecule has 0 radical (unpaired) electrons. The highest BCUT2D eigenvalue weighted by molar-refractivity contribution is 6.16. The average molecular weight is 474 g/mol. The smallest absolute Gasteiger partial charge is 0.143 e. The third kappa shape index (κ3) is 3.04. The van der Waals surface area contributed by atoms with Crippen LogP contribution in [0.25, 0.3) is 32.7 Å². The molecular weight excluding hydrogens is 450 g/mol. The van der Waals surface area contributed by atoms with Gasteiger partial charge in [-0.25, -0.2) is 4.99 Å². The SMILES string of the molecule is c1ccc2c(c1)N=C(c1ccc(-c3c4ccccc4cc4ccccc34)cc1)N1c3ccccc3NC21. The molecule has 3 nitrogen and oxygen atoms in total. The van der Waals surface area contributed by atoms with Crippen LogP contribution in [0.3, 0.4) is 0 Å². The summed E-state index contributed by atoms with van der Waals surface area (Å²) < 4.78 is 0. The zero-order valence-corrected chi connectivity index (χ0v) is 20.1. The van der Waals surface area contributed by atoms with Crippen molar-refractivity contribution in [2.45, 2.75) is 6.17 Å². The van der Waals surface area contributed by atoms with Crippen LogP contribution in [0.1, 0.15) is 17.3 Å². The first-order chi connectivity index (χ1) is 18.3. The molecule has 2 aliphatic heterocycles. The van der Waals surface area contributed by atoms with Gasteiger partial charge in [0.2, 0.25) is 0 Å². The molecule has 0 saturated carbocycles. The number of hydrogen-bond donors (Lipinski definition) is 1. The van der Waals surface area contributed by atoms with Gasteiger partial charge >= 0.3 is 0 Å². The molecule has 2 aliphatic rings. The van der Waals surface area contributed by atoms with Crippen LogP contribution in [-0.2, 0) is 0 Å². The van der Waals surface area contributed by atoms with Crippen molar-refractivity contribution in [3.63, 3.8) is 0 Å². The molecule has 0 aromatic heterocycles. The number of anilines is 2. The van der Waals surface area contributed by atoms with Crippen LogP contribution in [0.5, 0.6) is 0 Å². The summed E-state index contributed by atoms with van der Waals surface area (Å²) in [6, 6.07) is 45.5. The van der Waals surface area contributed by atoms with Crippen LogP contribution in [0.15, 0.2) is 132 Å². The lowest BCUT2D eigenvalue weighted by atomic mass is 9.91. The first kappa shape index (κ1) is 20.3. The van der Waals surface area contributed by atoms with Crippen molar-refractivity contribution in [3.05, 3.63) is 139 Å². The summed E-state index contributed by atoms with van der Waals surface area (Å²) in [5.74, 6) is 0.968. The van der Waals surface area contributed by atoms with E-state index in [0.717, 1.165) is 28.5 Å². The minimum absolute atomic E-state index is 0.0304. The second-order valence-corrected chi connectivity index (χ2v) is 9.70. The fourth-order valence-corrected chi connectivity index (χ4v) is 5.91. The number of rotatable bonds is 2. The van der Waals surface area contributed by atoms with E-state index in [-0.39, 0.29) is 6.17 Å². The fourth-order valence-electron chi connectivity index (χ4n) is 5.91. The third-order valence-corrected chi connectivity index (χ3v) is 7.60. The molecule has 0 bridgehead atoms. The summed E-state index contributed by atoms with van der Waals surface area (Å²) >= 11 is 0. The molecule has 0 amide bonds. The Morgan fingerprint density at radius 2 is 1.22 bits per heavy atom. The molecule has 174 valence electrons. The van der Waals surface area contributed by atoms with Crippen LogP contribution in [0, 0.1) is 0 Å². The van der Waals surface area contributed by atoms with Crippen LogP contribution < -0.4 is 10.2 Å². The topological polar surface area (TPSA) is 27.6 Å². The first-order valence-electron chi connectivity index (χ1n) is 12.7. The number of amidine groups is 1. The number of hydrogen-bond acceptors (Lipinski definition) is 3. The van der Waals surface area contributed by atoms with Crippen molar-refractivity contribution in [2.24, 2.45) is 4.99 Å². The van der Waals surface area contributed by atoms with Gasteiger partial charge in [0.05, 0.1) is 17.1 Å². The van der Waals surface area contributed by atoms with E-state index in [0.29, 0.717) is 0 Å². The maximum atomic E-state index is 5.16. The molecule has 0 saturated heterocycles. The van der Waals surface area contributed by atoms with E-state index < -0.39 is 0 Å². The molecule has 6 aromatic rings. The average Bonchev–Trinajstić information content (AvgIpc) is 3.36. The lowest BCUT2D eigenvalue weighted by Gasteiger charge is -2.33. The Labute approximate surface area is 215 Å². The summed E-state index contributed by atoms with van der Waals surface area (Å²) in [5.41, 5.74) is 8.10. The Morgan fingerprint density at radius 1 is 0.595 bits per heavy atom. The zero-order valence-electron chi connectivity index (χ0n) is 20.1. The number of nitrogens with one attached hydrogen (secondary N) is 1. The molecule has 0 fully saturated rings. The van der Waals surface area contributed by atoms with Gasteiger partial charge in [0.25, 0.3) is 0 Å². The number of para-hydroxylation sites is 3. The van der Waals surface area contributed by atoms with Gasteiger partial charge in [0.1, 0.15) is 12.0 Å². The number of aliphatic imine (C=N–C) groups is 1. The normalized spacial score (nSPS) is 15.6. The molecular formula is C34H23N3. The van der Waals surface area contributed by atoms with Crippen molar-refractivity contribution in [2.75, 3.05) is 10.2 Å². The van der Waals surface area contributed by atoms with Crippen LogP contribution >= 0.6 is 0 Å². The molecule has 8 rings (SSSR count). The fraction of sp³-hybridized carbons (Fsp3) is 0.0294. The Hall–Kier alpha value is -4.89. The standard InChI is InChI=1S/C34H23N3/c1-3-11-26-24(9-1)21-25-10-2-4-12-27(25)32(26)22-17-19-23(20-18-22)33-35-29-14-6-5-13-28(29)34-36-30-15-7-8-16-31(30)37(33)34/h1-21,34,36H. The highest BCUT2D eigenvalue weighted by Crippen LogP contribution is 2.47. The van der Waals surface area contributed by atoms with E-state index in [1.165, 1.54) is 38.2 Å². The van der Waals surface area contributed by atoms with Gasteiger partial charge < -0.3 is 5.32 Å². The lowest BCUT2D eigenvalue weighted by molar-refractivity contribution is 0.832. The van der Waals surface area contributed by atoms with Gasteiger partial charge in [0, 0.05) is 11.1 Å². The van der Waals surface area contributed by atoms with Gasteiger partial charge in [-0.1, -0.05) is 103 Å². The summed E-state index contributed by atoms with van der Waals surface area (Å²) in [6.07, 6.45) is 0.0304. The molecule has 1 N–H and O–H groups in total. The van der Waals surface area contributed by atoms with Gasteiger partial charge in [-0.05, 0) is 56.9 Å². The highest BCUT2D eigenvalue weighted by atomic mass is 15.4. The first-order valence-corrected chi connectivity index (χ1v) is 12.7. The summed E-state index contributed by atoms with van der Waals surface area (Å²) in [5, 5.41) is 8.78. The maximum absolute atomic E-state index is 5.16. The molecule has 37 heavy (non-hydrogen) atoms. The quantitative estimate of drug-likeness (QED) is 0.255. The highest BCUT2D eigenvalue weighted by Gasteiger charge is 2.37. The van der Waals surface area contributed by atoms with Gasteiger partial charge in [-0.15, -0.1) is 0 Å². The van der Waals surface area contributed by atoms with Gasteiger partial charge in [-0.3, -0.25) is 4.90 Å². The predicted octanol–water partition coefficient (Wildman–Crippen LogP) is 8.68. The minimum atomic E-state index is 0.0304. The van der Waals surface area contributed by atoms with Crippen molar-refractivity contribution in [3.8, 4) is 11.1 Å². The van der Waals surface area contributed by atoms with E-state index in [1.807, 2.05) is 0 Å². The lowest BCUT2D eigenvalue weighted by Crippen LogP contribution is -2.37. The van der Waals surface area contributed by atoms with E-state index in [4.69, 9.17) is 4.99 Å². The molecule has 3 heteroatoms. The Balaban J connectivity index is 1.30. The Morgan fingerprint density at radius 3 is 2.00 bits per heavy atom. The van der Waals surface area contributed by atoms with E-state index in [2.05, 4.69) is 138 Å². The molecule has 2 heterocycles. The summed E-state index contributed by atoms with van der Waals surface area (Å²) in [7, 11) is 0. The second-order valence-electron chi connectivity index (χ2n) is 9.70. The Kier molecular flexibility index (Phi) is 4.29. The van der Waals surface area contributed by atoms with E-state index in [1.54, 1.807) is 0 Å². The van der Waals surface area contributed by atoms with Crippen LogP contribution in [-0.4, -0.2) is 5.84 Å². The maximum Gasteiger partial charge on any atom is 0.143 e. The van der Waals surface area contributed by atoms with E-state index in [9.17, 15) is 0 Å². The second kappa shape index (κ2) is 7.81. The van der Waals surface area contributed by atoms with Gasteiger partial charge in [0.15, 0.2) is 0 Å². The van der Waals surface area contributed by atoms with Crippen molar-refractivity contribution in [1.82, 2.24) is 0 Å². The minimum Gasteiger partial charge on any atom is -0.359 e. The monoisotopic (exact) mass is 473 g/mol. The summed E-state index contributed by atoms with van der Waals surface area (Å²) in [6.45, 7) is 0. The van der Waals surface area contributed by atoms with Crippen molar-refractivity contribution >= 4 is 44.4 Å². The van der Waals surface area contributed by atoms with Crippen LogP contribution in [0.4, 0.5) is 17.1 Å². The van der Waals surface area contributed by atoms with Crippen LogP contribution in [0.2, 0.25) is 0 Å². The molecule has 1 atom stereocenters. The van der Waals surface area contributed by atoms with Crippen molar-refractivity contribution in [1.29, 1.82) is 0 Å². The zero-order chi connectivity index (χ0) is 24.3. The molecule has 1 unspecified atom stereocenters. The number of fused-ring (bicyclic) bond motifs is 7. The predicted molar refractivity (Wildman–Crippen MR) is 155 cm³/mol. The third-order valence-electron chi connectivity index (χ3n) is 7.60. The Bertz CT molecular complexity index is 1810. The number of nitrogens with zero attached hydrogens (tertiary/aromatic N) is 2. The molecule has 6 aromatic carbocycles. The summed E-state index contributed by atoms with van der Waals surface area (Å²) in [4.78, 5) is 7.50. The van der Waals surface area contributed by atoms with E-state index >= 15 is 0 Å². The largest absolute Gasteiger partial charge is 0.359 e. The number of benzene rings is 6. The molecule has 0 aliphatic carbocycles. The molecule has 0 spiro atoms. The van der Waals surface area contributed by atoms with Gasteiger partial charge in [-0.2, -0.15) is 0 Å².